The van der Waals surface area contributed by atoms with Gasteiger partial charge in [0.25, 0.3) is 5.91 Å². The molecule has 6 heteroatoms. The largest absolute Gasteiger partial charge is 0.490 e. The van der Waals surface area contributed by atoms with Crippen LogP contribution in [0.1, 0.15) is 10.5 Å². The fourth-order valence-electron chi connectivity index (χ4n) is 2.04. The molecule has 0 aliphatic rings. The van der Waals surface area contributed by atoms with Crippen LogP contribution in [0.5, 0.6) is 5.75 Å². The molecule has 3 rings (SSSR count). The lowest BCUT2D eigenvalue weighted by atomic mass is 10.3. The van der Waals surface area contributed by atoms with Gasteiger partial charge in [0.2, 0.25) is 0 Å². The van der Waals surface area contributed by atoms with E-state index in [0.29, 0.717) is 30.3 Å². The number of aromatic nitrogens is 3. The number of anilines is 1. The van der Waals surface area contributed by atoms with Crippen molar-refractivity contribution < 1.29 is 9.53 Å². The summed E-state index contributed by atoms with van der Waals surface area (Å²) in [7, 11) is 0. The molecule has 1 amide bonds. The van der Waals surface area contributed by atoms with Gasteiger partial charge in [-0.2, -0.15) is 0 Å². The van der Waals surface area contributed by atoms with Gasteiger partial charge in [-0.1, -0.05) is 12.1 Å². The zero-order valence-corrected chi connectivity index (χ0v) is 11.9. The van der Waals surface area contributed by atoms with Crippen LogP contribution in [0.3, 0.4) is 0 Å². The molecule has 0 aliphatic heterocycles. The first kappa shape index (κ1) is 13.9. The Labute approximate surface area is 127 Å². The molecule has 0 unspecified atom stereocenters. The van der Waals surface area contributed by atoms with E-state index in [4.69, 9.17) is 4.74 Å². The van der Waals surface area contributed by atoms with Crippen molar-refractivity contribution in [2.24, 2.45) is 0 Å². The van der Waals surface area contributed by atoms with Crippen LogP contribution in [-0.2, 0) is 6.54 Å². The molecule has 0 saturated carbocycles. The molecule has 0 radical (unpaired) electrons. The zero-order chi connectivity index (χ0) is 15.2. The number of imidazole rings is 1. The first-order chi connectivity index (χ1) is 10.8. The van der Waals surface area contributed by atoms with E-state index in [1.54, 1.807) is 30.9 Å². The van der Waals surface area contributed by atoms with Crippen molar-refractivity contribution in [1.82, 2.24) is 14.5 Å². The number of rotatable bonds is 6. The quantitative estimate of drug-likeness (QED) is 0.734. The molecule has 22 heavy (non-hydrogen) atoms. The maximum atomic E-state index is 12.1. The highest BCUT2D eigenvalue weighted by Crippen LogP contribution is 2.24. The minimum Gasteiger partial charge on any atom is -0.490 e. The van der Waals surface area contributed by atoms with Gasteiger partial charge in [-0.3, -0.25) is 4.79 Å². The van der Waals surface area contributed by atoms with E-state index < -0.39 is 0 Å². The lowest BCUT2D eigenvalue weighted by Crippen LogP contribution is -2.14. The van der Waals surface area contributed by atoms with Gasteiger partial charge in [0.1, 0.15) is 18.1 Å². The predicted octanol–water partition coefficient (Wildman–Crippen LogP) is 2.54. The van der Waals surface area contributed by atoms with Crippen molar-refractivity contribution in [2.75, 3.05) is 11.9 Å². The van der Waals surface area contributed by atoms with E-state index in [-0.39, 0.29) is 5.91 Å². The Morgan fingerprint density at radius 3 is 2.95 bits per heavy atom. The standard InChI is InChI=1S/C16H16N4O2/c21-16(14-5-3-7-18-14)19-13-4-1-2-6-15(13)22-11-10-20-9-8-17-12-20/h1-9,12,18H,10-11H2,(H,19,21). The van der Waals surface area contributed by atoms with Crippen molar-refractivity contribution in [1.29, 1.82) is 0 Å². The van der Waals surface area contributed by atoms with E-state index in [1.807, 2.05) is 35.0 Å². The topological polar surface area (TPSA) is 71.9 Å². The molecule has 6 nitrogen and oxygen atoms in total. The third-order valence-corrected chi connectivity index (χ3v) is 3.14. The molecular weight excluding hydrogens is 280 g/mol. The average Bonchev–Trinajstić information content (AvgIpc) is 3.22. The highest BCUT2D eigenvalue weighted by atomic mass is 16.5. The van der Waals surface area contributed by atoms with E-state index in [2.05, 4.69) is 15.3 Å². The molecule has 0 atom stereocenters. The summed E-state index contributed by atoms with van der Waals surface area (Å²) in [6.45, 7) is 1.19. The maximum Gasteiger partial charge on any atom is 0.272 e. The SMILES string of the molecule is O=C(Nc1ccccc1OCCn1ccnc1)c1ccc[nH]1. The van der Waals surface area contributed by atoms with Gasteiger partial charge < -0.3 is 19.6 Å². The molecule has 2 N–H and O–H groups in total. The summed E-state index contributed by atoms with van der Waals surface area (Å²) in [4.78, 5) is 18.9. The Morgan fingerprint density at radius 2 is 2.18 bits per heavy atom. The smallest absolute Gasteiger partial charge is 0.272 e. The van der Waals surface area contributed by atoms with Gasteiger partial charge in [-0.05, 0) is 24.3 Å². The Morgan fingerprint density at radius 1 is 1.27 bits per heavy atom. The zero-order valence-electron chi connectivity index (χ0n) is 11.9. The summed E-state index contributed by atoms with van der Waals surface area (Å²) in [6, 6.07) is 10.9. The second-order valence-electron chi connectivity index (χ2n) is 4.68. The molecule has 0 fully saturated rings. The van der Waals surface area contributed by atoms with Gasteiger partial charge in [0.05, 0.1) is 18.6 Å². The van der Waals surface area contributed by atoms with Crippen molar-refractivity contribution in [3.05, 3.63) is 67.0 Å². The lowest BCUT2D eigenvalue weighted by molar-refractivity contribution is 0.102. The van der Waals surface area contributed by atoms with E-state index in [1.165, 1.54) is 0 Å². The van der Waals surface area contributed by atoms with Crippen molar-refractivity contribution >= 4 is 11.6 Å². The minimum absolute atomic E-state index is 0.198. The highest BCUT2D eigenvalue weighted by Gasteiger charge is 2.10. The van der Waals surface area contributed by atoms with Crippen LogP contribution in [-0.4, -0.2) is 27.0 Å². The normalized spacial score (nSPS) is 10.4. The van der Waals surface area contributed by atoms with E-state index in [0.717, 1.165) is 0 Å². The van der Waals surface area contributed by atoms with Crippen LogP contribution in [0.2, 0.25) is 0 Å². The van der Waals surface area contributed by atoms with Crippen molar-refractivity contribution in [2.45, 2.75) is 6.54 Å². The number of para-hydroxylation sites is 2. The number of carbonyl (C=O) groups is 1. The summed E-state index contributed by atoms with van der Waals surface area (Å²) < 4.78 is 7.69. The van der Waals surface area contributed by atoms with Crippen LogP contribution >= 0.6 is 0 Å². The van der Waals surface area contributed by atoms with Gasteiger partial charge in [0, 0.05) is 18.6 Å². The number of hydrogen-bond donors (Lipinski definition) is 2. The number of nitrogens with zero attached hydrogens (tertiary/aromatic N) is 2. The number of aromatic amines is 1. The maximum absolute atomic E-state index is 12.1. The first-order valence-electron chi connectivity index (χ1n) is 6.95. The Kier molecular flexibility index (Phi) is 4.20. The average molecular weight is 296 g/mol. The molecule has 2 aromatic heterocycles. The number of ether oxygens (including phenoxy) is 1. The molecule has 2 heterocycles. The van der Waals surface area contributed by atoms with Crippen LogP contribution in [0.4, 0.5) is 5.69 Å². The van der Waals surface area contributed by atoms with Crippen molar-refractivity contribution in [3.63, 3.8) is 0 Å². The van der Waals surface area contributed by atoms with Crippen LogP contribution in [0.25, 0.3) is 0 Å². The van der Waals surface area contributed by atoms with Gasteiger partial charge in [-0.15, -0.1) is 0 Å². The molecule has 3 aromatic rings. The van der Waals surface area contributed by atoms with Crippen LogP contribution < -0.4 is 10.1 Å². The lowest BCUT2D eigenvalue weighted by Gasteiger charge is -2.12. The fraction of sp³-hybridized carbons (Fsp3) is 0.125. The molecule has 0 saturated heterocycles. The predicted molar refractivity (Wildman–Crippen MR) is 82.9 cm³/mol. The number of carbonyl (C=O) groups excluding carboxylic acids is 1. The number of nitrogens with one attached hydrogen (secondary N) is 2. The molecule has 1 aromatic carbocycles. The summed E-state index contributed by atoms with van der Waals surface area (Å²) in [5, 5.41) is 2.84. The van der Waals surface area contributed by atoms with Crippen LogP contribution in [0.15, 0.2) is 61.3 Å². The van der Waals surface area contributed by atoms with Gasteiger partial charge in [-0.25, -0.2) is 4.98 Å². The second-order valence-corrected chi connectivity index (χ2v) is 4.68. The van der Waals surface area contributed by atoms with Gasteiger partial charge >= 0.3 is 0 Å². The molecule has 0 aliphatic carbocycles. The third-order valence-electron chi connectivity index (χ3n) is 3.14. The monoisotopic (exact) mass is 296 g/mol. The first-order valence-corrected chi connectivity index (χ1v) is 6.95. The summed E-state index contributed by atoms with van der Waals surface area (Å²) in [5.74, 6) is 0.443. The summed E-state index contributed by atoms with van der Waals surface area (Å²) in [6.07, 6.45) is 7.05. The van der Waals surface area contributed by atoms with Crippen LogP contribution in [0, 0.1) is 0 Å². The second kappa shape index (κ2) is 6.62. The third kappa shape index (κ3) is 3.35. The fourth-order valence-corrected chi connectivity index (χ4v) is 2.04. The minimum atomic E-state index is -0.198. The molecule has 0 bridgehead atoms. The Balaban J connectivity index is 1.63. The number of benzene rings is 1. The van der Waals surface area contributed by atoms with E-state index >= 15 is 0 Å². The summed E-state index contributed by atoms with van der Waals surface area (Å²) >= 11 is 0. The Bertz CT molecular complexity index is 720. The number of hydrogen-bond acceptors (Lipinski definition) is 3. The highest BCUT2D eigenvalue weighted by molar-refractivity contribution is 6.03. The summed E-state index contributed by atoms with van der Waals surface area (Å²) in [5.41, 5.74) is 1.15. The van der Waals surface area contributed by atoms with Crippen molar-refractivity contribution in [3.8, 4) is 5.75 Å². The Hall–Kier alpha value is -3.02. The molecule has 112 valence electrons. The molecular formula is C16H16N4O2. The van der Waals surface area contributed by atoms with Gasteiger partial charge in [0.15, 0.2) is 0 Å². The van der Waals surface area contributed by atoms with E-state index in [9.17, 15) is 4.79 Å². The molecule has 0 spiro atoms. The number of amides is 1. The number of H-pyrrole nitrogens is 1.